The third kappa shape index (κ3) is 6.23. The molecule has 8 heteroatoms. The van der Waals surface area contributed by atoms with E-state index in [0.717, 1.165) is 18.6 Å². The molecule has 2 N–H and O–H groups in total. The standard InChI is InChI=1S/C24H32N2O5S/c1-16-14-22(15-17(2)30-16)31-21-12-10-19(11-13-21)25-23(27)18-6-8-20(9-7-18)26-32(28,29)24(3,4)5/h6-13,16-17,22,26H,14-15H2,1-5H3,(H,25,27). The smallest absolute Gasteiger partial charge is 0.255 e. The van der Waals surface area contributed by atoms with Gasteiger partial charge in [-0.25, -0.2) is 8.42 Å². The molecule has 0 saturated carbocycles. The molecule has 7 nitrogen and oxygen atoms in total. The maximum absolute atomic E-state index is 12.5. The Bertz CT molecular complexity index is 1020. The third-order valence-corrected chi connectivity index (χ3v) is 7.39. The maximum Gasteiger partial charge on any atom is 0.255 e. The number of ether oxygens (including phenoxy) is 2. The number of carbonyl (C=O) groups excluding carboxylic acids is 1. The van der Waals surface area contributed by atoms with E-state index in [9.17, 15) is 13.2 Å². The third-order valence-electron chi connectivity index (χ3n) is 5.27. The first kappa shape index (κ1) is 24.1. The minimum atomic E-state index is -3.52. The van der Waals surface area contributed by atoms with E-state index < -0.39 is 14.8 Å². The van der Waals surface area contributed by atoms with Crippen LogP contribution in [0.25, 0.3) is 0 Å². The lowest BCUT2D eigenvalue weighted by Crippen LogP contribution is -2.35. The van der Waals surface area contributed by atoms with Gasteiger partial charge in [0.05, 0.1) is 17.0 Å². The van der Waals surface area contributed by atoms with Crippen LogP contribution >= 0.6 is 0 Å². The first-order chi connectivity index (χ1) is 14.9. The normalized spacial score (nSPS) is 21.6. The Kier molecular flexibility index (Phi) is 7.15. The second-order valence-electron chi connectivity index (χ2n) is 9.24. The van der Waals surface area contributed by atoms with E-state index in [-0.39, 0.29) is 24.2 Å². The van der Waals surface area contributed by atoms with Crippen molar-refractivity contribution in [1.82, 2.24) is 0 Å². The van der Waals surface area contributed by atoms with Gasteiger partial charge in [-0.1, -0.05) is 0 Å². The Morgan fingerprint density at radius 2 is 1.47 bits per heavy atom. The van der Waals surface area contributed by atoms with E-state index in [1.807, 2.05) is 12.1 Å². The summed E-state index contributed by atoms with van der Waals surface area (Å²) in [7, 11) is -3.52. The second kappa shape index (κ2) is 9.50. The van der Waals surface area contributed by atoms with Crippen molar-refractivity contribution < 1.29 is 22.7 Å². The van der Waals surface area contributed by atoms with Crippen LogP contribution in [0.1, 0.15) is 57.8 Å². The van der Waals surface area contributed by atoms with Gasteiger partial charge in [-0.3, -0.25) is 9.52 Å². The average molecular weight is 461 g/mol. The van der Waals surface area contributed by atoms with Gasteiger partial charge in [0.2, 0.25) is 10.0 Å². The van der Waals surface area contributed by atoms with Gasteiger partial charge in [0, 0.05) is 29.8 Å². The van der Waals surface area contributed by atoms with Crippen LogP contribution in [0, 0.1) is 0 Å². The molecule has 1 aliphatic rings. The van der Waals surface area contributed by atoms with Gasteiger partial charge in [0.25, 0.3) is 5.91 Å². The highest BCUT2D eigenvalue weighted by Gasteiger charge is 2.29. The molecule has 2 aromatic rings. The molecule has 2 aromatic carbocycles. The van der Waals surface area contributed by atoms with Gasteiger partial charge < -0.3 is 14.8 Å². The van der Waals surface area contributed by atoms with Crippen LogP contribution in [0.2, 0.25) is 0 Å². The van der Waals surface area contributed by atoms with Crippen LogP contribution in [0.5, 0.6) is 5.75 Å². The summed E-state index contributed by atoms with van der Waals surface area (Å²) in [5, 5.41) is 2.84. The lowest BCUT2D eigenvalue weighted by Gasteiger charge is -2.32. The number of sulfonamides is 1. The van der Waals surface area contributed by atoms with Crippen LogP contribution in [0.3, 0.4) is 0 Å². The van der Waals surface area contributed by atoms with Crippen LogP contribution in [-0.2, 0) is 14.8 Å². The quantitative estimate of drug-likeness (QED) is 0.645. The topological polar surface area (TPSA) is 93.7 Å². The van der Waals surface area contributed by atoms with Gasteiger partial charge in [0.15, 0.2) is 0 Å². The molecule has 1 saturated heterocycles. The SMILES string of the molecule is CC1CC(Oc2ccc(NC(=O)c3ccc(NS(=O)(=O)C(C)(C)C)cc3)cc2)CC(C)O1. The lowest BCUT2D eigenvalue weighted by atomic mass is 10.0. The molecule has 0 spiro atoms. The van der Waals surface area contributed by atoms with Crippen molar-refractivity contribution in [2.45, 2.75) is 70.5 Å². The van der Waals surface area contributed by atoms with Crippen molar-refractivity contribution in [3.8, 4) is 5.75 Å². The molecule has 32 heavy (non-hydrogen) atoms. The molecule has 3 rings (SSSR count). The predicted molar refractivity (Wildman–Crippen MR) is 127 cm³/mol. The number of nitrogens with one attached hydrogen (secondary N) is 2. The van der Waals surface area contributed by atoms with Crippen LogP contribution in [-0.4, -0.2) is 37.4 Å². The largest absolute Gasteiger partial charge is 0.490 e. The summed E-state index contributed by atoms with van der Waals surface area (Å²) in [4.78, 5) is 12.5. The molecule has 0 aliphatic carbocycles. The number of carbonyl (C=O) groups is 1. The molecule has 0 bridgehead atoms. The zero-order valence-electron chi connectivity index (χ0n) is 19.2. The molecule has 2 unspecified atom stereocenters. The van der Waals surface area contributed by atoms with Gasteiger partial charge in [-0.15, -0.1) is 0 Å². The van der Waals surface area contributed by atoms with Crippen molar-refractivity contribution in [2.24, 2.45) is 0 Å². The predicted octanol–water partition coefficient (Wildman–Crippen LogP) is 4.81. The minimum Gasteiger partial charge on any atom is -0.490 e. The van der Waals surface area contributed by atoms with Crippen molar-refractivity contribution in [3.05, 3.63) is 54.1 Å². The van der Waals surface area contributed by atoms with Gasteiger partial charge in [-0.05, 0) is 83.1 Å². The first-order valence-corrected chi connectivity index (χ1v) is 12.3. The Morgan fingerprint density at radius 3 is 2.00 bits per heavy atom. The first-order valence-electron chi connectivity index (χ1n) is 10.8. The van der Waals surface area contributed by atoms with E-state index in [2.05, 4.69) is 23.9 Å². The fourth-order valence-corrected chi connectivity index (χ4v) is 4.20. The van der Waals surface area contributed by atoms with E-state index in [0.29, 0.717) is 16.9 Å². The second-order valence-corrected chi connectivity index (χ2v) is 11.7. The Labute approximate surface area is 190 Å². The molecule has 174 valence electrons. The highest BCUT2D eigenvalue weighted by atomic mass is 32.2. The average Bonchev–Trinajstić information content (AvgIpc) is 2.68. The molecular weight excluding hydrogens is 428 g/mol. The van der Waals surface area contributed by atoms with Crippen molar-refractivity contribution in [3.63, 3.8) is 0 Å². The van der Waals surface area contributed by atoms with Crippen LogP contribution < -0.4 is 14.8 Å². The van der Waals surface area contributed by atoms with Gasteiger partial charge in [0.1, 0.15) is 11.9 Å². The van der Waals surface area contributed by atoms with E-state index in [1.54, 1.807) is 57.2 Å². The van der Waals surface area contributed by atoms with Gasteiger partial charge in [-0.2, -0.15) is 0 Å². The highest BCUT2D eigenvalue weighted by molar-refractivity contribution is 7.94. The van der Waals surface area contributed by atoms with Crippen LogP contribution in [0.4, 0.5) is 11.4 Å². The fourth-order valence-electron chi connectivity index (χ4n) is 3.45. The minimum absolute atomic E-state index is 0.114. The molecule has 0 radical (unpaired) electrons. The molecule has 2 atom stereocenters. The molecule has 1 fully saturated rings. The Balaban J connectivity index is 1.57. The number of benzene rings is 2. The monoisotopic (exact) mass is 460 g/mol. The van der Waals surface area contributed by atoms with E-state index in [4.69, 9.17) is 9.47 Å². The van der Waals surface area contributed by atoms with Gasteiger partial charge >= 0.3 is 0 Å². The van der Waals surface area contributed by atoms with Crippen LogP contribution in [0.15, 0.2) is 48.5 Å². The van der Waals surface area contributed by atoms with E-state index >= 15 is 0 Å². The number of amides is 1. The molecular formula is C24H32N2O5S. The van der Waals surface area contributed by atoms with Crippen molar-refractivity contribution in [2.75, 3.05) is 10.0 Å². The summed E-state index contributed by atoms with van der Waals surface area (Å²) in [6, 6.07) is 13.6. The number of hydrogen-bond acceptors (Lipinski definition) is 5. The highest BCUT2D eigenvalue weighted by Crippen LogP contribution is 2.25. The molecule has 1 amide bonds. The zero-order chi connectivity index (χ0) is 23.5. The van der Waals surface area contributed by atoms with Crippen molar-refractivity contribution in [1.29, 1.82) is 0 Å². The molecule has 0 aromatic heterocycles. The summed E-state index contributed by atoms with van der Waals surface area (Å²) >= 11 is 0. The molecule has 1 aliphatic heterocycles. The number of hydrogen-bond donors (Lipinski definition) is 2. The maximum atomic E-state index is 12.5. The Morgan fingerprint density at radius 1 is 0.938 bits per heavy atom. The number of anilines is 2. The summed E-state index contributed by atoms with van der Waals surface area (Å²) in [6.45, 7) is 8.97. The molecule has 1 heterocycles. The summed E-state index contributed by atoms with van der Waals surface area (Å²) in [5.41, 5.74) is 1.48. The van der Waals surface area contributed by atoms with E-state index in [1.165, 1.54) is 0 Å². The lowest BCUT2D eigenvalue weighted by molar-refractivity contribution is -0.0721. The fraction of sp³-hybridized carbons (Fsp3) is 0.458. The summed E-state index contributed by atoms with van der Waals surface area (Å²) in [5.74, 6) is 0.473. The zero-order valence-corrected chi connectivity index (χ0v) is 20.0. The summed E-state index contributed by atoms with van der Waals surface area (Å²) < 4.78 is 37.9. The van der Waals surface area contributed by atoms with Crippen molar-refractivity contribution >= 4 is 27.3 Å². The number of rotatable bonds is 6. The summed E-state index contributed by atoms with van der Waals surface area (Å²) in [6.07, 6.45) is 2.17. The Hall–Kier alpha value is -2.58.